The van der Waals surface area contributed by atoms with Crippen LogP contribution in [-0.2, 0) is 4.79 Å². The fourth-order valence-electron chi connectivity index (χ4n) is 2.07. The van der Waals surface area contributed by atoms with E-state index in [1.807, 2.05) is 13.0 Å². The molecule has 122 valence electrons. The van der Waals surface area contributed by atoms with Gasteiger partial charge in [-0.05, 0) is 42.8 Å². The molecule has 0 aliphatic heterocycles. The fourth-order valence-corrected chi connectivity index (χ4v) is 2.07. The number of rotatable bonds is 6. The van der Waals surface area contributed by atoms with E-state index in [2.05, 4.69) is 20.6 Å². The van der Waals surface area contributed by atoms with E-state index < -0.39 is 0 Å². The van der Waals surface area contributed by atoms with Gasteiger partial charge in [-0.25, -0.2) is 4.68 Å². The van der Waals surface area contributed by atoms with Crippen LogP contribution in [0, 0.1) is 0 Å². The maximum absolute atomic E-state index is 11.6. The van der Waals surface area contributed by atoms with E-state index in [-0.39, 0.29) is 5.91 Å². The third kappa shape index (κ3) is 3.95. The van der Waals surface area contributed by atoms with Gasteiger partial charge in [0.15, 0.2) is 5.82 Å². The molecule has 0 radical (unpaired) electrons. The van der Waals surface area contributed by atoms with Crippen molar-refractivity contribution >= 4 is 11.6 Å². The number of nitrogens with zero attached hydrogens (tertiary/aromatic N) is 4. The first-order chi connectivity index (χ1) is 11.7. The van der Waals surface area contributed by atoms with Crippen LogP contribution >= 0.6 is 0 Å². The summed E-state index contributed by atoms with van der Waals surface area (Å²) in [5.74, 6) is 1.62. The molecule has 3 aromatic rings. The molecule has 3 rings (SSSR count). The van der Waals surface area contributed by atoms with Gasteiger partial charge in [-0.3, -0.25) is 4.79 Å². The number of hydrogen-bond acceptors (Lipinski definition) is 5. The molecule has 0 aliphatic carbocycles. The van der Waals surface area contributed by atoms with E-state index in [0.717, 1.165) is 12.1 Å². The highest BCUT2D eigenvalue weighted by molar-refractivity contribution is 5.90. The molecule has 0 atom stereocenters. The smallest absolute Gasteiger partial charge is 0.238 e. The van der Waals surface area contributed by atoms with Gasteiger partial charge in [-0.2, -0.15) is 5.10 Å². The lowest BCUT2D eigenvalue weighted by Gasteiger charge is -2.07. The normalized spacial score (nSPS) is 10.4. The molecule has 0 saturated heterocycles. The molecule has 7 nitrogen and oxygen atoms in total. The molecule has 2 aromatic heterocycles. The Morgan fingerprint density at radius 1 is 1.17 bits per heavy atom. The van der Waals surface area contributed by atoms with Crippen molar-refractivity contribution in [3.63, 3.8) is 0 Å². The summed E-state index contributed by atoms with van der Waals surface area (Å²) in [6.45, 7) is 1.97. The number of aromatic nitrogens is 4. The van der Waals surface area contributed by atoms with Crippen molar-refractivity contribution in [3.8, 4) is 17.4 Å². The molecule has 0 aliphatic rings. The van der Waals surface area contributed by atoms with Crippen LogP contribution in [0.4, 0.5) is 5.69 Å². The predicted octanol–water partition coefficient (Wildman–Crippen LogP) is 3.19. The lowest BCUT2D eigenvalue weighted by molar-refractivity contribution is -0.116. The summed E-state index contributed by atoms with van der Waals surface area (Å²) in [7, 11) is 0. The Morgan fingerprint density at radius 3 is 2.62 bits per heavy atom. The highest BCUT2D eigenvalue weighted by Crippen LogP contribution is 2.21. The third-order valence-electron chi connectivity index (χ3n) is 3.20. The lowest BCUT2D eigenvalue weighted by Crippen LogP contribution is -2.10. The van der Waals surface area contributed by atoms with E-state index in [1.165, 1.54) is 0 Å². The van der Waals surface area contributed by atoms with E-state index in [0.29, 0.717) is 23.9 Å². The SMILES string of the molecule is CCCC(=O)Nc1ccc(Oc2ccc(-n3cccn3)nn2)cc1. The first-order valence-electron chi connectivity index (χ1n) is 7.66. The maximum atomic E-state index is 11.6. The summed E-state index contributed by atoms with van der Waals surface area (Å²) < 4.78 is 7.26. The topological polar surface area (TPSA) is 81.9 Å². The number of benzene rings is 1. The Hall–Kier alpha value is -3.22. The monoisotopic (exact) mass is 323 g/mol. The highest BCUT2D eigenvalue weighted by Gasteiger charge is 2.04. The van der Waals surface area contributed by atoms with Crippen LogP contribution in [0.15, 0.2) is 54.9 Å². The van der Waals surface area contributed by atoms with Gasteiger partial charge in [0.1, 0.15) is 5.75 Å². The average Bonchev–Trinajstić information content (AvgIpc) is 3.12. The molecule has 7 heteroatoms. The summed E-state index contributed by atoms with van der Waals surface area (Å²) >= 11 is 0. The van der Waals surface area contributed by atoms with E-state index in [1.54, 1.807) is 53.5 Å². The first kappa shape index (κ1) is 15.7. The van der Waals surface area contributed by atoms with Gasteiger partial charge in [0.25, 0.3) is 0 Å². The number of anilines is 1. The van der Waals surface area contributed by atoms with Crippen LogP contribution in [0.1, 0.15) is 19.8 Å². The van der Waals surface area contributed by atoms with Crippen molar-refractivity contribution in [2.75, 3.05) is 5.32 Å². The summed E-state index contributed by atoms with van der Waals surface area (Å²) in [5.41, 5.74) is 0.737. The standard InChI is InChI=1S/C17H17N5O2/c1-2-4-16(23)19-13-5-7-14(8-6-13)24-17-10-9-15(20-21-17)22-12-3-11-18-22/h3,5-12H,2,4H2,1H3,(H,19,23). The van der Waals surface area contributed by atoms with E-state index in [4.69, 9.17) is 4.74 Å². The molecule has 2 heterocycles. The highest BCUT2D eigenvalue weighted by atomic mass is 16.5. The molecule has 0 fully saturated rings. The van der Waals surface area contributed by atoms with Gasteiger partial charge in [0.2, 0.25) is 11.8 Å². The second-order valence-electron chi connectivity index (χ2n) is 5.11. The van der Waals surface area contributed by atoms with Crippen molar-refractivity contribution < 1.29 is 9.53 Å². The van der Waals surface area contributed by atoms with Gasteiger partial charge < -0.3 is 10.1 Å². The molecule has 24 heavy (non-hydrogen) atoms. The van der Waals surface area contributed by atoms with Crippen molar-refractivity contribution in [3.05, 3.63) is 54.9 Å². The van der Waals surface area contributed by atoms with Crippen molar-refractivity contribution in [1.29, 1.82) is 0 Å². The third-order valence-corrected chi connectivity index (χ3v) is 3.20. The second-order valence-corrected chi connectivity index (χ2v) is 5.11. The number of carbonyl (C=O) groups excluding carboxylic acids is 1. The van der Waals surface area contributed by atoms with Crippen molar-refractivity contribution in [1.82, 2.24) is 20.0 Å². The molecule has 0 bridgehead atoms. The first-order valence-corrected chi connectivity index (χ1v) is 7.66. The summed E-state index contributed by atoms with van der Waals surface area (Å²) in [4.78, 5) is 11.6. The molecule has 1 aromatic carbocycles. The van der Waals surface area contributed by atoms with E-state index in [9.17, 15) is 4.79 Å². The number of amides is 1. The van der Waals surface area contributed by atoms with Crippen LogP contribution in [0.3, 0.4) is 0 Å². The van der Waals surface area contributed by atoms with Crippen LogP contribution in [0.2, 0.25) is 0 Å². The zero-order valence-corrected chi connectivity index (χ0v) is 13.2. The second kappa shape index (κ2) is 7.36. The van der Waals surface area contributed by atoms with Crippen LogP contribution in [-0.4, -0.2) is 25.9 Å². The molecular formula is C17H17N5O2. The number of ether oxygens (including phenoxy) is 1. The van der Waals surface area contributed by atoms with Gasteiger partial charge in [0, 0.05) is 30.6 Å². The Morgan fingerprint density at radius 2 is 2.00 bits per heavy atom. The summed E-state index contributed by atoms with van der Waals surface area (Å²) in [6, 6.07) is 12.4. The molecule has 1 amide bonds. The molecule has 0 spiro atoms. The average molecular weight is 323 g/mol. The van der Waals surface area contributed by atoms with Crippen LogP contribution in [0.25, 0.3) is 5.82 Å². The van der Waals surface area contributed by atoms with E-state index >= 15 is 0 Å². The molecule has 0 saturated carbocycles. The zero-order chi connectivity index (χ0) is 16.8. The molecule has 1 N–H and O–H groups in total. The summed E-state index contributed by atoms with van der Waals surface area (Å²) in [6.07, 6.45) is 4.79. The quantitative estimate of drug-likeness (QED) is 0.753. The zero-order valence-electron chi connectivity index (χ0n) is 13.2. The van der Waals surface area contributed by atoms with Crippen LogP contribution < -0.4 is 10.1 Å². The minimum absolute atomic E-state index is 0.00578. The molecular weight excluding hydrogens is 306 g/mol. The Kier molecular flexibility index (Phi) is 4.81. The lowest BCUT2D eigenvalue weighted by atomic mass is 10.2. The summed E-state index contributed by atoms with van der Waals surface area (Å²) in [5, 5.41) is 15.0. The van der Waals surface area contributed by atoms with Crippen molar-refractivity contribution in [2.24, 2.45) is 0 Å². The van der Waals surface area contributed by atoms with Gasteiger partial charge in [0.05, 0.1) is 0 Å². The predicted molar refractivity (Wildman–Crippen MR) is 89.2 cm³/mol. The largest absolute Gasteiger partial charge is 0.438 e. The maximum Gasteiger partial charge on any atom is 0.238 e. The van der Waals surface area contributed by atoms with Gasteiger partial charge in [-0.15, -0.1) is 10.2 Å². The van der Waals surface area contributed by atoms with Gasteiger partial charge >= 0.3 is 0 Å². The Bertz CT molecular complexity index is 783. The van der Waals surface area contributed by atoms with Gasteiger partial charge in [-0.1, -0.05) is 6.92 Å². The minimum atomic E-state index is 0.00578. The number of hydrogen-bond donors (Lipinski definition) is 1. The van der Waals surface area contributed by atoms with Crippen molar-refractivity contribution in [2.45, 2.75) is 19.8 Å². The number of carbonyl (C=O) groups is 1. The Labute approximate surface area is 139 Å². The molecule has 0 unspecified atom stereocenters. The number of nitrogens with one attached hydrogen (secondary N) is 1. The van der Waals surface area contributed by atoms with Crippen LogP contribution in [0.5, 0.6) is 11.6 Å². The Balaban J connectivity index is 1.62. The minimum Gasteiger partial charge on any atom is -0.438 e. The fraction of sp³-hybridized carbons (Fsp3) is 0.176.